The molecule has 0 N–H and O–H groups in total. The number of ether oxygens (including phenoxy) is 3. The summed E-state index contributed by atoms with van der Waals surface area (Å²) in [5.74, 6) is 0.780. The van der Waals surface area contributed by atoms with Crippen LogP contribution in [-0.4, -0.2) is 88.6 Å². The van der Waals surface area contributed by atoms with E-state index in [0.717, 1.165) is 64.6 Å². The predicted molar refractivity (Wildman–Crippen MR) is 95.5 cm³/mol. The van der Waals surface area contributed by atoms with Gasteiger partial charge in [-0.25, -0.2) is 0 Å². The monoisotopic (exact) mass is 354 g/mol. The third-order valence-corrected chi connectivity index (χ3v) is 6.04. The van der Waals surface area contributed by atoms with Gasteiger partial charge in [0.2, 0.25) is 5.91 Å². The number of fused-ring (bicyclic) bond motifs is 1. The van der Waals surface area contributed by atoms with Crippen LogP contribution in [-0.2, 0) is 19.0 Å². The fraction of sp³-hybridized carbons (Fsp3) is 0.947. The first-order valence-electron chi connectivity index (χ1n) is 9.79. The Labute approximate surface area is 151 Å². The van der Waals surface area contributed by atoms with Gasteiger partial charge in [-0.1, -0.05) is 0 Å². The molecule has 0 aromatic heterocycles. The first kappa shape index (κ1) is 19.1. The van der Waals surface area contributed by atoms with Crippen molar-refractivity contribution in [3.05, 3.63) is 0 Å². The lowest BCUT2D eigenvalue weighted by molar-refractivity contribution is -0.160. The molecule has 3 fully saturated rings. The molecule has 3 saturated heterocycles. The Morgan fingerprint density at radius 2 is 2.04 bits per heavy atom. The number of piperidine rings is 1. The average Bonchev–Trinajstić information content (AvgIpc) is 2.62. The Kier molecular flexibility index (Phi) is 6.72. The summed E-state index contributed by atoms with van der Waals surface area (Å²) in [7, 11) is 3.54. The van der Waals surface area contributed by atoms with Gasteiger partial charge in [0.1, 0.15) is 6.61 Å². The molecule has 0 aromatic rings. The summed E-state index contributed by atoms with van der Waals surface area (Å²) in [6.45, 7) is 6.78. The van der Waals surface area contributed by atoms with Gasteiger partial charge in [-0.15, -0.1) is 0 Å². The maximum Gasteiger partial charge on any atom is 0.248 e. The van der Waals surface area contributed by atoms with Crippen LogP contribution in [0.15, 0.2) is 0 Å². The zero-order chi connectivity index (χ0) is 17.7. The number of carbonyl (C=O) groups excluding carboxylic acids is 1. The van der Waals surface area contributed by atoms with Crippen LogP contribution in [0.5, 0.6) is 0 Å². The van der Waals surface area contributed by atoms with Crippen LogP contribution in [0.3, 0.4) is 0 Å². The summed E-state index contributed by atoms with van der Waals surface area (Å²) >= 11 is 0. The Morgan fingerprint density at radius 1 is 1.24 bits per heavy atom. The standard InChI is InChI=1S/C19H34N2O4/c1-20(2)18(22)13-24-15-19-7-3-9-25-17(19)4-8-21(14-19)12-16-5-10-23-11-6-16/h16-17H,3-15H2,1-2H3/t17-,19-/m1/s1. The first-order valence-corrected chi connectivity index (χ1v) is 9.79. The molecule has 3 aliphatic heterocycles. The Balaban J connectivity index is 1.57. The number of hydrogen-bond acceptors (Lipinski definition) is 5. The second-order valence-electron chi connectivity index (χ2n) is 8.19. The smallest absolute Gasteiger partial charge is 0.248 e. The van der Waals surface area contributed by atoms with E-state index in [-0.39, 0.29) is 24.0 Å². The Bertz CT molecular complexity index is 439. The van der Waals surface area contributed by atoms with Gasteiger partial charge in [0.15, 0.2) is 0 Å². The largest absolute Gasteiger partial charge is 0.381 e. The van der Waals surface area contributed by atoms with E-state index in [1.165, 1.54) is 12.8 Å². The zero-order valence-electron chi connectivity index (χ0n) is 15.9. The van der Waals surface area contributed by atoms with Gasteiger partial charge in [0.25, 0.3) is 0 Å². The molecule has 3 aliphatic rings. The molecule has 0 saturated carbocycles. The molecule has 6 heteroatoms. The first-order chi connectivity index (χ1) is 12.1. The molecular weight excluding hydrogens is 320 g/mol. The second-order valence-corrected chi connectivity index (χ2v) is 8.19. The van der Waals surface area contributed by atoms with Crippen LogP contribution in [0, 0.1) is 11.3 Å². The van der Waals surface area contributed by atoms with Gasteiger partial charge in [-0.2, -0.15) is 0 Å². The lowest BCUT2D eigenvalue weighted by atomic mass is 9.72. The minimum absolute atomic E-state index is 0.0274. The van der Waals surface area contributed by atoms with Gasteiger partial charge >= 0.3 is 0 Å². The SMILES string of the molecule is CN(C)C(=O)COC[C@]12CCCO[C@@H]1CCN(CC1CCOCC1)C2. The Hall–Kier alpha value is -0.690. The van der Waals surface area contributed by atoms with E-state index in [2.05, 4.69) is 4.90 Å². The molecule has 0 aromatic carbocycles. The summed E-state index contributed by atoms with van der Waals surface area (Å²) in [6.07, 6.45) is 5.94. The minimum atomic E-state index is 0.0274. The molecule has 0 radical (unpaired) electrons. The number of nitrogens with zero attached hydrogens (tertiary/aromatic N) is 2. The highest BCUT2D eigenvalue weighted by molar-refractivity contribution is 5.76. The lowest BCUT2D eigenvalue weighted by Crippen LogP contribution is -2.57. The highest BCUT2D eigenvalue weighted by Crippen LogP contribution is 2.40. The van der Waals surface area contributed by atoms with Crippen molar-refractivity contribution in [2.24, 2.45) is 11.3 Å². The quantitative estimate of drug-likeness (QED) is 0.721. The number of carbonyl (C=O) groups is 1. The molecule has 25 heavy (non-hydrogen) atoms. The molecule has 0 aliphatic carbocycles. The maximum atomic E-state index is 11.8. The van der Waals surface area contributed by atoms with Crippen molar-refractivity contribution in [2.75, 3.05) is 66.8 Å². The molecule has 0 unspecified atom stereocenters. The fourth-order valence-electron chi connectivity index (χ4n) is 4.51. The number of amides is 1. The Morgan fingerprint density at radius 3 is 2.80 bits per heavy atom. The van der Waals surface area contributed by atoms with Gasteiger partial charge in [0.05, 0.1) is 12.7 Å². The number of hydrogen-bond donors (Lipinski definition) is 0. The molecule has 1 amide bonds. The van der Waals surface area contributed by atoms with Gasteiger partial charge in [0, 0.05) is 59.0 Å². The minimum Gasteiger partial charge on any atom is -0.381 e. The van der Waals surface area contributed by atoms with Gasteiger partial charge in [-0.3, -0.25) is 4.79 Å². The maximum absolute atomic E-state index is 11.8. The highest BCUT2D eigenvalue weighted by atomic mass is 16.5. The summed E-state index contributed by atoms with van der Waals surface area (Å²) in [4.78, 5) is 16.0. The lowest BCUT2D eigenvalue weighted by Gasteiger charge is -2.51. The molecular formula is C19H34N2O4. The van der Waals surface area contributed by atoms with Crippen molar-refractivity contribution in [3.63, 3.8) is 0 Å². The molecule has 0 spiro atoms. The van der Waals surface area contributed by atoms with E-state index in [0.29, 0.717) is 6.61 Å². The number of likely N-dealkylation sites (tertiary alicyclic amines) is 1. The molecule has 3 rings (SSSR count). The summed E-state index contributed by atoms with van der Waals surface area (Å²) in [5.41, 5.74) is 0.0499. The van der Waals surface area contributed by atoms with Crippen molar-refractivity contribution >= 4 is 5.91 Å². The molecule has 3 heterocycles. The van der Waals surface area contributed by atoms with E-state index in [1.807, 2.05) is 0 Å². The second kappa shape index (κ2) is 8.80. The third-order valence-electron chi connectivity index (χ3n) is 6.04. The van der Waals surface area contributed by atoms with E-state index in [4.69, 9.17) is 14.2 Å². The van der Waals surface area contributed by atoms with E-state index in [9.17, 15) is 4.79 Å². The topological polar surface area (TPSA) is 51.2 Å². The van der Waals surface area contributed by atoms with E-state index >= 15 is 0 Å². The molecule has 6 nitrogen and oxygen atoms in total. The molecule has 0 bridgehead atoms. The van der Waals surface area contributed by atoms with Crippen molar-refractivity contribution in [3.8, 4) is 0 Å². The third kappa shape index (κ3) is 4.94. The number of likely N-dealkylation sites (N-methyl/N-ethyl adjacent to an activating group) is 1. The van der Waals surface area contributed by atoms with Crippen LogP contribution in [0.25, 0.3) is 0 Å². The van der Waals surface area contributed by atoms with Crippen LogP contribution >= 0.6 is 0 Å². The van der Waals surface area contributed by atoms with E-state index < -0.39 is 0 Å². The van der Waals surface area contributed by atoms with Crippen molar-refractivity contribution in [1.29, 1.82) is 0 Å². The number of rotatable bonds is 6. The summed E-state index contributed by atoms with van der Waals surface area (Å²) in [6, 6.07) is 0. The van der Waals surface area contributed by atoms with Crippen LogP contribution in [0.1, 0.15) is 32.1 Å². The highest BCUT2D eigenvalue weighted by Gasteiger charge is 2.46. The fourth-order valence-corrected chi connectivity index (χ4v) is 4.51. The van der Waals surface area contributed by atoms with Crippen molar-refractivity contribution in [1.82, 2.24) is 9.80 Å². The van der Waals surface area contributed by atoms with Crippen LogP contribution < -0.4 is 0 Å². The van der Waals surface area contributed by atoms with Crippen LogP contribution in [0.4, 0.5) is 0 Å². The van der Waals surface area contributed by atoms with Gasteiger partial charge < -0.3 is 24.0 Å². The van der Waals surface area contributed by atoms with Gasteiger partial charge in [-0.05, 0) is 38.0 Å². The van der Waals surface area contributed by atoms with Crippen molar-refractivity contribution in [2.45, 2.75) is 38.2 Å². The van der Waals surface area contributed by atoms with Crippen molar-refractivity contribution < 1.29 is 19.0 Å². The predicted octanol–water partition coefficient (Wildman–Crippen LogP) is 1.39. The van der Waals surface area contributed by atoms with E-state index in [1.54, 1.807) is 19.0 Å². The van der Waals surface area contributed by atoms with Crippen LogP contribution in [0.2, 0.25) is 0 Å². The average molecular weight is 354 g/mol. The molecule has 144 valence electrons. The summed E-state index contributed by atoms with van der Waals surface area (Å²) in [5, 5.41) is 0. The molecule has 2 atom stereocenters. The normalized spacial score (nSPS) is 31.5. The zero-order valence-corrected chi connectivity index (χ0v) is 15.9. The summed E-state index contributed by atoms with van der Waals surface area (Å²) < 4.78 is 17.5.